The van der Waals surface area contributed by atoms with E-state index in [9.17, 15) is 14.4 Å². The summed E-state index contributed by atoms with van der Waals surface area (Å²) >= 11 is 0. The number of benzene rings is 1. The number of carbonyl (C=O) groups excluding carboxylic acids is 2. The Morgan fingerprint density at radius 3 is 2.56 bits per heavy atom. The van der Waals surface area contributed by atoms with Crippen molar-refractivity contribution in [3.8, 4) is 0 Å². The number of ketones is 1. The average molecular weight is 368 g/mol. The summed E-state index contributed by atoms with van der Waals surface area (Å²) in [7, 11) is 1.67. The number of nitrogens with zero attached hydrogens (tertiary/aromatic N) is 4. The second-order valence-electron chi connectivity index (χ2n) is 6.52. The Hall–Kier alpha value is -3.29. The zero-order chi connectivity index (χ0) is 19.7. The third-order valence-corrected chi connectivity index (χ3v) is 4.52. The summed E-state index contributed by atoms with van der Waals surface area (Å²) in [4.78, 5) is 40.9. The molecule has 0 radical (unpaired) electrons. The van der Waals surface area contributed by atoms with Gasteiger partial charge in [0, 0.05) is 12.6 Å². The van der Waals surface area contributed by atoms with Crippen LogP contribution in [0.2, 0.25) is 0 Å². The van der Waals surface area contributed by atoms with Crippen LogP contribution in [0, 0.1) is 20.8 Å². The number of rotatable bonds is 5. The lowest BCUT2D eigenvalue weighted by molar-refractivity contribution is -0.143. The molecule has 140 valence electrons. The number of hydrogen-bond donors (Lipinski definition) is 0. The molecule has 0 saturated carbocycles. The van der Waals surface area contributed by atoms with Gasteiger partial charge < -0.3 is 4.74 Å². The van der Waals surface area contributed by atoms with Gasteiger partial charge in [-0.2, -0.15) is 5.10 Å². The molecule has 3 aromatic rings. The summed E-state index contributed by atoms with van der Waals surface area (Å²) in [6.45, 7) is 5.04. The first kappa shape index (κ1) is 18.5. The van der Waals surface area contributed by atoms with Crippen molar-refractivity contribution in [2.75, 3.05) is 6.61 Å². The minimum absolute atomic E-state index is 0.280. The van der Waals surface area contributed by atoms with E-state index < -0.39 is 5.97 Å². The van der Waals surface area contributed by atoms with E-state index in [0.717, 1.165) is 21.3 Å². The Bertz CT molecular complexity index is 1110. The Morgan fingerprint density at radius 1 is 1.11 bits per heavy atom. The van der Waals surface area contributed by atoms with E-state index in [4.69, 9.17) is 4.74 Å². The van der Waals surface area contributed by atoms with E-state index in [-0.39, 0.29) is 24.5 Å². The van der Waals surface area contributed by atoms with Gasteiger partial charge in [-0.15, -0.1) is 0 Å². The van der Waals surface area contributed by atoms with Gasteiger partial charge in [-0.1, -0.05) is 6.07 Å². The fourth-order valence-electron chi connectivity index (χ4n) is 2.85. The van der Waals surface area contributed by atoms with Gasteiger partial charge in [-0.25, -0.2) is 4.98 Å². The van der Waals surface area contributed by atoms with Gasteiger partial charge in [0.1, 0.15) is 18.3 Å². The molecule has 0 saturated heterocycles. The van der Waals surface area contributed by atoms with Crippen LogP contribution in [0.3, 0.4) is 0 Å². The van der Waals surface area contributed by atoms with Crippen LogP contribution < -0.4 is 5.56 Å². The van der Waals surface area contributed by atoms with Crippen molar-refractivity contribution in [2.45, 2.75) is 27.3 Å². The van der Waals surface area contributed by atoms with Gasteiger partial charge in [0.05, 0.1) is 6.20 Å². The fraction of sp³-hybridized carbons (Fsp3) is 0.316. The van der Waals surface area contributed by atoms with Crippen molar-refractivity contribution in [3.05, 3.63) is 57.3 Å². The lowest BCUT2D eigenvalue weighted by atomic mass is 9.98. The molecule has 0 fully saturated rings. The van der Waals surface area contributed by atoms with Gasteiger partial charge in [-0.05, 0) is 43.5 Å². The van der Waals surface area contributed by atoms with Gasteiger partial charge in [0.25, 0.3) is 5.56 Å². The number of ether oxygens (including phenoxy) is 1. The molecule has 8 heteroatoms. The van der Waals surface area contributed by atoms with Crippen LogP contribution in [0.4, 0.5) is 0 Å². The summed E-state index contributed by atoms with van der Waals surface area (Å²) < 4.78 is 7.68. The van der Waals surface area contributed by atoms with Crippen LogP contribution in [-0.2, 0) is 23.1 Å². The highest BCUT2D eigenvalue weighted by Crippen LogP contribution is 2.16. The summed E-state index contributed by atoms with van der Waals surface area (Å²) in [6.07, 6.45) is 2.67. The molecule has 8 nitrogen and oxygen atoms in total. The number of aromatic nitrogens is 4. The number of carbonyl (C=O) groups is 2. The number of esters is 1. The molecule has 0 aliphatic carbocycles. The van der Waals surface area contributed by atoms with Crippen molar-refractivity contribution in [3.63, 3.8) is 0 Å². The predicted octanol–water partition coefficient (Wildman–Crippen LogP) is 1.48. The van der Waals surface area contributed by atoms with Gasteiger partial charge >= 0.3 is 5.97 Å². The average Bonchev–Trinajstić information content (AvgIpc) is 3.00. The third kappa shape index (κ3) is 3.64. The lowest BCUT2D eigenvalue weighted by Crippen LogP contribution is -2.26. The first-order chi connectivity index (χ1) is 12.8. The first-order valence-corrected chi connectivity index (χ1v) is 8.41. The number of hydrogen-bond acceptors (Lipinski definition) is 6. The standard InChI is InChI=1S/C19H20N4O4/c1-11-5-13(3)14(6-12(11)2)16(24)9-27-17(25)8-23-10-20-18-15(19(23)26)7-21-22(18)4/h5-7,10H,8-9H2,1-4H3. The molecule has 0 aliphatic rings. The Labute approximate surface area is 155 Å². The third-order valence-electron chi connectivity index (χ3n) is 4.52. The van der Waals surface area contributed by atoms with Crippen LogP contribution in [0.1, 0.15) is 27.0 Å². The van der Waals surface area contributed by atoms with Crippen LogP contribution in [0.25, 0.3) is 11.0 Å². The molecular weight excluding hydrogens is 348 g/mol. The SMILES string of the molecule is Cc1cc(C)c(C(=O)COC(=O)Cn2cnc3c(cnn3C)c2=O)cc1C. The van der Waals surface area contributed by atoms with E-state index in [1.54, 1.807) is 13.1 Å². The molecule has 0 spiro atoms. The molecule has 0 amide bonds. The molecule has 0 bridgehead atoms. The zero-order valence-electron chi connectivity index (χ0n) is 15.6. The largest absolute Gasteiger partial charge is 0.456 e. The van der Waals surface area contributed by atoms with Crippen LogP contribution >= 0.6 is 0 Å². The highest BCUT2D eigenvalue weighted by molar-refractivity contribution is 5.99. The molecule has 0 N–H and O–H groups in total. The number of fused-ring (bicyclic) bond motifs is 1. The highest BCUT2D eigenvalue weighted by Gasteiger charge is 2.15. The van der Waals surface area contributed by atoms with E-state index in [0.29, 0.717) is 16.6 Å². The van der Waals surface area contributed by atoms with Crippen LogP contribution in [0.5, 0.6) is 0 Å². The van der Waals surface area contributed by atoms with Gasteiger partial charge in [0.2, 0.25) is 5.78 Å². The summed E-state index contributed by atoms with van der Waals surface area (Å²) in [5, 5.41) is 4.29. The molecule has 0 atom stereocenters. The first-order valence-electron chi connectivity index (χ1n) is 8.41. The molecular formula is C19H20N4O4. The van der Waals surface area contributed by atoms with Crippen molar-refractivity contribution in [1.82, 2.24) is 19.3 Å². The maximum atomic E-state index is 12.4. The maximum Gasteiger partial charge on any atom is 0.326 e. The Morgan fingerprint density at radius 2 is 1.81 bits per heavy atom. The Kier molecular flexibility index (Phi) is 4.89. The fourth-order valence-corrected chi connectivity index (χ4v) is 2.85. The van der Waals surface area contributed by atoms with E-state index >= 15 is 0 Å². The summed E-state index contributed by atoms with van der Waals surface area (Å²) in [5.41, 5.74) is 3.51. The molecule has 2 aromatic heterocycles. The van der Waals surface area contributed by atoms with E-state index in [2.05, 4.69) is 10.1 Å². The topological polar surface area (TPSA) is 96.1 Å². The summed E-state index contributed by atoms with van der Waals surface area (Å²) in [5.74, 6) is -0.964. The van der Waals surface area contributed by atoms with Crippen molar-refractivity contribution in [2.24, 2.45) is 7.05 Å². The lowest BCUT2D eigenvalue weighted by Gasteiger charge is -2.10. The smallest absolute Gasteiger partial charge is 0.326 e. The van der Waals surface area contributed by atoms with E-state index in [1.807, 2.05) is 26.8 Å². The van der Waals surface area contributed by atoms with Crippen LogP contribution in [-0.4, -0.2) is 37.7 Å². The molecule has 3 rings (SSSR count). The minimum Gasteiger partial charge on any atom is -0.456 e. The normalized spacial score (nSPS) is 11.0. The number of Topliss-reactive ketones (excluding diaryl/α,β-unsaturated/α-hetero) is 1. The summed E-state index contributed by atoms with van der Waals surface area (Å²) in [6, 6.07) is 3.73. The van der Waals surface area contributed by atoms with Gasteiger partial charge in [-0.3, -0.25) is 23.6 Å². The molecule has 1 aromatic carbocycles. The molecule has 0 unspecified atom stereocenters. The Balaban J connectivity index is 1.68. The van der Waals surface area contributed by atoms with Crippen LogP contribution in [0.15, 0.2) is 29.5 Å². The second kappa shape index (κ2) is 7.14. The number of aryl methyl sites for hydroxylation is 4. The molecule has 0 aliphatic heterocycles. The quantitative estimate of drug-likeness (QED) is 0.500. The predicted molar refractivity (Wildman–Crippen MR) is 98.7 cm³/mol. The van der Waals surface area contributed by atoms with Crippen molar-refractivity contribution < 1.29 is 14.3 Å². The monoisotopic (exact) mass is 368 g/mol. The maximum absolute atomic E-state index is 12.4. The second-order valence-corrected chi connectivity index (χ2v) is 6.52. The minimum atomic E-state index is -0.683. The van der Waals surface area contributed by atoms with E-state index in [1.165, 1.54) is 17.2 Å². The highest BCUT2D eigenvalue weighted by atomic mass is 16.5. The van der Waals surface area contributed by atoms with Crippen molar-refractivity contribution >= 4 is 22.8 Å². The van der Waals surface area contributed by atoms with Crippen molar-refractivity contribution in [1.29, 1.82) is 0 Å². The molecule has 27 heavy (non-hydrogen) atoms. The molecule has 2 heterocycles. The van der Waals surface area contributed by atoms with Gasteiger partial charge in [0.15, 0.2) is 12.3 Å². The zero-order valence-corrected chi connectivity index (χ0v) is 15.6.